The molecule has 54 valence electrons. The molecule has 7 heteroatoms. The second-order valence-electron chi connectivity index (χ2n) is 1.31. The zero-order valence-corrected chi connectivity index (χ0v) is 6.10. The van der Waals surface area contributed by atoms with E-state index in [4.69, 9.17) is 10.3 Å². The fourth-order valence-corrected chi connectivity index (χ4v) is 0.983. The van der Waals surface area contributed by atoms with E-state index in [0.29, 0.717) is 0 Å². The molecule has 0 aliphatic carbocycles. The highest BCUT2D eigenvalue weighted by Crippen LogP contribution is 2.09. The van der Waals surface area contributed by atoms with Gasteiger partial charge in [-0.05, 0) is 0 Å². The van der Waals surface area contributed by atoms with Crippen molar-refractivity contribution in [1.29, 1.82) is 0 Å². The Hall–Kier alpha value is -0.0300. The van der Waals surface area contributed by atoms with Crippen molar-refractivity contribution < 1.29 is 17.5 Å². The molecule has 9 heavy (non-hydrogen) atoms. The Morgan fingerprint density at radius 3 is 2.11 bits per heavy atom. The quantitative estimate of drug-likeness (QED) is 0.438. The third-order valence-corrected chi connectivity index (χ3v) is 3.05. The molecule has 0 aromatic rings. The van der Waals surface area contributed by atoms with Gasteiger partial charge in [-0.2, -0.15) is 8.42 Å². The predicted octanol–water partition coefficient (Wildman–Crippen LogP) is -0.549. The first kappa shape index (κ1) is 8.97. The summed E-state index contributed by atoms with van der Waals surface area (Å²) in [6, 6.07) is 0. The van der Waals surface area contributed by atoms with Gasteiger partial charge in [-0.15, -0.1) is 0 Å². The Morgan fingerprint density at radius 2 is 2.11 bits per heavy atom. The third-order valence-electron chi connectivity index (χ3n) is 0.663. The molecule has 1 unspecified atom stereocenters. The van der Waals surface area contributed by atoms with E-state index in [1.54, 1.807) is 0 Å². The molecule has 0 aromatic carbocycles. The van der Waals surface area contributed by atoms with Crippen LogP contribution in [-0.2, 0) is 14.7 Å². The van der Waals surface area contributed by atoms with E-state index in [0.717, 1.165) is 0 Å². The highest BCUT2D eigenvalue weighted by molar-refractivity contribution is 7.91. The Balaban J connectivity index is 4.32. The molecule has 0 spiro atoms. The van der Waals surface area contributed by atoms with Crippen LogP contribution in [0.5, 0.6) is 0 Å². The van der Waals surface area contributed by atoms with Crippen LogP contribution in [0.15, 0.2) is 0 Å². The summed E-state index contributed by atoms with van der Waals surface area (Å²) < 4.78 is 38.1. The van der Waals surface area contributed by atoms with Crippen molar-refractivity contribution in [2.75, 3.05) is 6.54 Å². The minimum atomic E-state index is -4.21. The van der Waals surface area contributed by atoms with Gasteiger partial charge < -0.3 is 5.73 Å². The van der Waals surface area contributed by atoms with E-state index < -0.39 is 23.6 Å². The molecule has 0 aliphatic rings. The van der Waals surface area contributed by atoms with Gasteiger partial charge in [-0.1, -0.05) is 0 Å². The van der Waals surface area contributed by atoms with Gasteiger partial charge in [0, 0.05) is 6.54 Å². The van der Waals surface area contributed by atoms with E-state index in [9.17, 15) is 13.0 Å². The van der Waals surface area contributed by atoms with Crippen molar-refractivity contribution >= 4 is 18.6 Å². The van der Waals surface area contributed by atoms with Crippen LogP contribution in [0, 0.1) is 0 Å². The van der Waals surface area contributed by atoms with Crippen LogP contribution in [0.3, 0.4) is 0 Å². The molecule has 0 rings (SSSR count). The number of rotatable bonds is 3. The molecule has 0 fully saturated rings. The molecular formula is C2H6NO4PS. The van der Waals surface area contributed by atoms with Crippen molar-refractivity contribution in [3.05, 3.63) is 0 Å². The molecule has 0 aliphatic heterocycles. The molecule has 0 amide bonds. The van der Waals surface area contributed by atoms with Gasteiger partial charge in [-0.3, -0.25) is 9.12 Å². The number of hydrogen-bond donors (Lipinski definition) is 2. The average molecular weight is 171 g/mol. The van der Waals surface area contributed by atoms with Crippen molar-refractivity contribution in [3.63, 3.8) is 0 Å². The molecule has 0 saturated heterocycles. The minimum absolute atomic E-state index is 0.343. The summed E-state index contributed by atoms with van der Waals surface area (Å²) in [6.45, 7) is -0.343. The average Bonchev–Trinajstić information content (AvgIpc) is 1.65. The Kier molecular flexibility index (Phi) is 3.21. The van der Waals surface area contributed by atoms with Crippen LogP contribution in [0.25, 0.3) is 0 Å². The fraction of sp³-hybridized carbons (Fsp3) is 1.00. The molecule has 0 saturated carbocycles. The first-order valence-corrected chi connectivity index (χ1v) is 4.39. The summed E-state index contributed by atoms with van der Waals surface area (Å²) >= 11 is 0. The fourth-order valence-electron chi connectivity index (χ4n) is 0.219. The molecule has 1 atom stereocenters. The van der Waals surface area contributed by atoms with Crippen molar-refractivity contribution in [2.24, 2.45) is 5.73 Å². The van der Waals surface area contributed by atoms with Crippen molar-refractivity contribution in [2.45, 2.75) is 4.99 Å². The Labute approximate surface area is 54.2 Å². The maximum Gasteiger partial charge on any atom is 0.280 e. The van der Waals surface area contributed by atoms with Gasteiger partial charge in [-0.25, -0.2) is 0 Å². The normalized spacial score (nSPS) is 15.8. The molecular weight excluding hydrogens is 165 g/mol. The lowest BCUT2D eigenvalue weighted by atomic mass is 10.8. The lowest BCUT2D eigenvalue weighted by Gasteiger charge is -1.98. The summed E-state index contributed by atoms with van der Waals surface area (Å²) in [5, 5.41) is 0. The van der Waals surface area contributed by atoms with Crippen LogP contribution in [0.4, 0.5) is 0 Å². The topological polar surface area (TPSA) is 97.5 Å². The van der Waals surface area contributed by atoms with E-state index in [1.807, 2.05) is 0 Å². The highest BCUT2D eigenvalue weighted by atomic mass is 32.2. The highest BCUT2D eigenvalue weighted by Gasteiger charge is 2.20. The second-order valence-corrected chi connectivity index (χ2v) is 4.09. The number of nitrogens with two attached hydrogens (primary N) is 1. The van der Waals surface area contributed by atoms with Gasteiger partial charge in [0.2, 0.25) is 0 Å². The second kappa shape index (κ2) is 3.22. The van der Waals surface area contributed by atoms with E-state index >= 15 is 0 Å². The summed E-state index contributed by atoms with van der Waals surface area (Å²) in [5.41, 5.74) is 4.82. The van der Waals surface area contributed by atoms with Crippen LogP contribution in [0.2, 0.25) is 0 Å². The van der Waals surface area contributed by atoms with Crippen LogP contribution in [0.1, 0.15) is 0 Å². The van der Waals surface area contributed by atoms with Crippen molar-refractivity contribution in [1.82, 2.24) is 0 Å². The summed E-state index contributed by atoms with van der Waals surface area (Å²) in [7, 11) is -4.89. The van der Waals surface area contributed by atoms with Gasteiger partial charge in [0.15, 0.2) is 13.5 Å². The van der Waals surface area contributed by atoms with Crippen LogP contribution >= 0.6 is 8.46 Å². The van der Waals surface area contributed by atoms with Gasteiger partial charge in [0.1, 0.15) is 0 Å². The molecule has 0 aromatic heterocycles. The Bertz CT molecular complexity index is 187. The molecule has 0 bridgehead atoms. The van der Waals surface area contributed by atoms with Gasteiger partial charge in [0.05, 0.1) is 0 Å². The summed E-state index contributed by atoms with van der Waals surface area (Å²) in [6.07, 6.45) is 0. The van der Waals surface area contributed by atoms with E-state index in [-0.39, 0.29) is 6.54 Å². The zero-order chi connectivity index (χ0) is 7.49. The molecule has 5 nitrogen and oxygen atoms in total. The maximum atomic E-state index is 10.1. The third kappa shape index (κ3) is 2.86. The Morgan fingerprint density at radius 1 is 1.67 bits per heavy atom. The summed E-state index contributed by atoms with van der Waals surface area (Å²) in [4.78, 5) is -1.38. The monoisotopic (exact) mass is 171 g/mol. The SMILES string of the molecule is NCC(P=O)S(=O)(=O)O. The predicted molar refractivity (Wildman–Crippen MR) is 32.0 cm³/mol. The molecule has 3 N–H and O–H groups in total. The molecule has 0 heterocycles. The lowest BCUT2D eigenvalue weighted by molar-refractivity contribution is 0.478. The largest absolute Gasteiger partial charge is 0.328 e. The first-order valence-electron chi connectivity index (χ1n) is 2.01. The minimum Gasteiger partial charge on any atom is -0.328 e. The van der Waals surface area contributed by atoms with Crippen molar-refractivity contribution in [3.8, 4) is 0 Å². The standard InChI is InChI=1S/C2H6NO4PS/c3-1-2(8-4)9(5,6)7/h2H,1,3H2,(H,5,6,7). The molecule has 0 radical (unpaired) electrons. The zero-order valence-electron chi connectivity index (χ0n) is 4.39. The maximum absolute atomic E-state index is 10.1. The smallest absolute Gasteiger partial charge is 0.280 e. The number of hydrogen-bond acceptors (Lipinski definition) is 4. The van der Waals surface area contributed by atoms with E-state index in [1.165, 1.54) is 0 Å². The van der Waals surface area contributed by atoms with Gasteiger partial charge >= 0.3 is 0 Å². The van der Waals surface area contributed by atoms with Gasteiger partial charge in [0.25, 0.3) is 10.1 Å². The first-order chi connectivity index (χ1) is 4.02. The van der Waals surface area contributed by atoms with Crippen LogP contribution < -0.4 is 5.73 Å². The van der Waals surface area contributed by atoms with E-state index in [2.05, 4.69) is 0 Å². The summed E-state index contributed by atoms with van der Waals surface area (Å²) in [5.74, 6) is 0. The lowest BCUT2D eigenvalue weighted by Crippen LogP contribution is -2.23. The van der Waals surface area contributed by atoms with Crippen LogP contribution in [-0.4, -0.2) is 24.5 Å².